The second-order valence-electron chi connectivity index (χ2n) is 2.97. The Morgan fingerprint density at radius 1 is 1.47 bits per heavy atom. The van der Waals surface area contributed by atoms with Crippen LogP contribution in [0.5, 0.6) is 0 Å². The van der Waals surface area contributed by atoms with E-state index in [9.17, 15) is 0 Å². The van der Waals surface area contributed by atoms with E-state index in [4.69, 9.17) is 12.2 Å². The lowest BCUT2D eigenvalue weighted by Crippen LogP contribution is -2.33. The van der Waals surface area contributed by atoms with E-state index >= 15 is 0 Å². The van der Waals surface area contributed by atoms with E-state index in [0.29, 0.717) is 11.7 Å². The maximum Gasteiger partial charge on any atom is 0.189 e. The summed E-state index contributed by atoms with van der Waals surface area (Å²) in [6.45, 7) is 2.56. The van der Waals surface area contributed by atoms with Gasteiger partial charge in [0.2, 0.25) is 0 Å². The topological polar surface area (TPSA) is 27.6 Å². The zero-order chi connectivity index (χ0) is 11.1. The van der Waals surface area contributed by atoms with Crippen molar-refractivity contribution in [3.05, 3.63) is 35.9 Å². The molecule has 0 spiro atoms. The number of rotatable bonds is 3. The van der Waals surface area contributed by atoms with Gasteiger partial charge in [-0.2, -0.15) is 5.10 Å². The van der Waals surface area contributed by atoms with Gasteiger partial charge in [-0.05, 0) is 24.7 Å². The number of thiocarbonyl (C=S) groups is 1. The molecule has 0 aliphatic heterocycles. The van der Waals surface area contributed by atoms with Crippen LogP contribution in [-0.4, -0.2) is 23.4 Å². The van der Waals surface area contributed by atoms with Crippen molar-refractivity contribution in [3.63, 3.8) is 0 Å². The lowest BCUT2D eigenvalue weighted by atomic mass is 10.2. The average molecular weight is 221 g/mol. The van der Waals surface area contributed by atoms with Gasteiger partial charge in [-0.15, -0.1) is 0 Å². The van der Waals surface area contributed by atoms with Crippen LogP contribution >= 0.6 is 12.2 Å². The van der Waals surface area contributed by atoms with E-state index in [1.165, 1.54) is 5.56 Å². The van der Waals surface area contributed by atoms with E-state index < -0.39 is 0 Å². The van der Waals surface area contributed by atoms with Crippen molar-refractivity contribution in [1.29, 1.82) is 0 Å². The summed E-state index contributed by atoms with van der Waals surface area (Å²) in [6.07, 6.45) is 1.73. The Hall–Kier alpha value is -1.42. The first kappa shape index (κ1) is 11.7. The average Bonchev–Trinajstić information content (AvgIpc) is 2.29. The lowest BCUT2D eigenvalue weighted by Gasteiger charge is -2.18. The highest BCUT2D eigenvalue weighted by Gasteiger charge is 2.05. The largest absolute Gasteiger partial charge is 0.364 e. The first-order valence-electron chi connectivity index (χ1n) is 4.79. The van der Waals surface area contributed by atoms with Crippen molar-refractivity contribution >= 4 is 23.5 Å². The molecule has 4 heteroatoms. The molecular weight excluding hydrogens is 206 g/mol. The van der Waals surface area contributed by atoms with Crippen molar-refractivity contribution in [2.45, 2.75) is 13.5 Å². The molecule has 3 nitrogen and oxygen atoms in total. The van der Waals surface area contributed by atoms with Gasteiger partial charge in [0.1, 0.15) is 0 Å². The first-order valence-corrected chi connectivity index (χ1v) is 5.20. The number of benzene rings is 1. The molecule has 0 saturated carbocycles. The first-order chi connectivity index (χ1) is 7.27. The van der Waals surface area contributed by atoms with E-state index in [0.717, 1.165) is 0 Å². The van der Waals surface area contributed by atoms with E-state index in [-0.39, 0.29) is 0 Å². The number of nitrogens with zero attached hydrogens (tertiary/aromatic N) is 2. The molecule has 0 atom stereocenters. The normalized spacial score (nSPS) is 10.3. The molecule has 0 heterocycles. The van der Waals surface area contributed by atoms with Gasteiger partial charge in [0.25, 0.3) is 0 Å². The standard InChI is InChI=1S/C11H15N3S/c1-3-13-14(11(15)12-2)9-10-7-5-4-6-8-10/h3-8H,9H2,1-2H3,(H,12,15). The fourth-order valence-electron chi connectivity index (χ4n) is 1.19. The molecule has 1 aromatic carbocycles. The Morgan fingerprint density at radius 2 is 2.13 bits per heavy atom. The Morgan fingerprint density at radius 3 is 2.67 bits per heavy atom. The summed E-state index contributed by atoms with van der Waals surface area (Å²) in [4.78, 5) is 0. The fourth-order valence-corrected chi connectivity index (χ4v) is 1.30. The molecule has 80 valence electrons. The van der Waals surface area contributed by atoms with Crippen molar-refractivity contribution < 1.29 is 0 Å². The molecule has 15 heavy (non-hydrogen) atoms. The van der Waals surface area contributed by atoms with Crippen LogP contribution in [0.25, 0.3) is 0 Å². The zero-order valence-electron chi connectivity index (χ0n) is 8.97. The van der Waals surface area contributed by atoms with Crippen LogP contribution in [0.1, 0.15) is 12.5 Å². The van der Waals surface area contributed by atoms with Gasteiger partial charge in [-0.3, -0.25) is 0 Å². The van der Waals surface area contributed by atoms with Crippen LogP contribution < -0.4 is 5.32 Å². The molecule has 0 aliphatic rings. The van der Waals surface area contributed by atoms with Gasteiger partial charge in [0.05, 0.1) is 6.54 Å². The van der Waals surface area contributed by atoms with Crippen molar-refractivity contribution in [2.75, 3.05) is 7.05 Å². The molecule has 0 aliphatic carbocycles. The molecule has 0 amide bonds. The minimum Gasteiger partial charge on any atom is -0.364 e. The molecule has 1 N–H and O–H groups in total. The number of nitrogens with one attached hydrogen (secondary N) is 1. The predicted octanol–water partition coefficient (Wildman–Crippen LogP) is 2.00. The van der Waals surface area contributed by atoms with E-state index in [1.807, 2.05) is 25.1 Å². The van der Waals surface area contributed by atoms with Crippen molar-refractivity contribution in [1.82, 2.24) is 10.3 Å². The second-order valence-corrected chi connectivity index (χ2v) is 3.36. The Labute approximate surface area is 95.8 Å². The maximum absolute atomic E-state index is 5.14. The highest BCUT2D eigenvalue weighted by molar-refractivity contribution is 7.80. The van der Waals surface area contributed by atoms with Gasteiger partial charge in [0, 0.05) is 13.3 Å². The minimum atomic E-state index is 0.622. The third-order valence-corrected chi connectivity index (χ3v) is 2.29. The number of hydrazone groups is 1. The molecule has 0 saturated heterocycles. The summed E-state index contributed by atoms with van der Waals surface area (Å²) in [5, 5.41) is 9.49. The van der Waals surface area contributed by atoms with E-state index in [2.05, 4.69) is 22.6 Å². The van der Waals surface area contributed by atoms with Gasteiger partial charge in [-0.1, -0.05) is 30.3 Å². The van der Waals surface area contributed by atoms with Gasteiger partial charge < -0.3 is 5.32 Å². The van der Waals surface area contributed by atoms with Gasteiger partial charge in [-0.25, -0.2) is 5.01 Å². The van der Waals surface area contributed by atoms with Gasteiger partial charge >= 0.3 is 0 Å². The molecular formula is C11H15N3S. The molecule has 0 fully saturated rings. The Bertz CT molecular complexity index is 335. The van der Waals surface area contributed by atoms with Crippen molar-refractivity contribution in [3.8, 4) is 0 Å². The van der Waals surface area contributed by atoms with Crippen LogP contribution in [0.2, 0.25) is 0 Å². The molecule has 1 rings (SSSR count). The fraction of sp³-hybridized carbons (Fsp3) is 0.273. The third-order valence-electron chi connectivity index (χ3n) is 1.88. The summed E-state index contributed by atoms with van der Waals surface area (Å²) in [7, 11) is 1.80. The Balaban J connectivity index is 2.71. The van der Waals surface area contributed by atoms with Crippen LogP contribution in [0.3, 0.4) is 0 Å². The molecule has 0 unspecified atom stereocenters. The summed E-state index contributed by atoms with van der Waals surface area (Å²) in [5.41, 5.74) is 1.18. The second kappa shape index (κ2) is 6.14. The van der Waals surface area contributed by atoms with Crippen molar-refractivity contribution in [2.24, 2.45) is 5.10 Å². The molecule has 0 radical (unpaired) electrons. The highest BCUT2D eigenvalue weighted by Crippen LogP contribution is 2.04. The Kier molecular flexibility index (Phi) is 4.77. The third kappa shape index (κ3) is 3.67. The SMILES string of the molecule is CC=NN(Cc1ccccc1)C(=S)NC. The van der Waals surface area contributed by atoms with E-state index in [1.54, 1.807) is 18.3 Å². The molecule has 1 aromatic rings. The summed E-state index contributed by atoms with van der Waals surface area (Å²) in [5.74, 6) is 0. The summed E-state index contributed by atoms with van der Waals surface area (Å²) in [6, 6.07) is 10.1. The smallest absolute Gasteiger partial charge is 0.189 e. The lowest BCUT2D eigenvalue weighted by molar-refractivity contribution is 0.436. The highest BCUT2D eigenvalue weighted by atomic mass is 32.1. The number of hydrogen-bond donors (Lipinski definition) is 1. The van der Waals surface area contributed by atoms with Crippen LogP contribution in [-0.2, 0) is 6.54 Å². The molecule has 0 aromatic heterocycles. The quantitative estimate of drug-likeness (QED) is 0.480. The van der Waals surface area contributed by atoms with Crippen LogP contribution in [0, 0.1) is 0 Å². The van der Waals surface area contributed by atoms with Crippen LogP contribution in [0.15, 0.2) is 35.4 Å². The number of hydrogen-bond acceptors (Lipinski definition) is 2. The monoisotopic (exact) mass is 221 g/mol. The summed E-state index contributed by atoms with van der Waals surface area (Å²) >= 11 is 5.14. The van der Waals surface area contributed by atoms with Crippen LogP contribution in [0.4, 0.5) is 0 Å². The maximum atomic E-state index is 5.14. The summed E-state index contributed by atoms with van der Waals surface area (Å²) < 4.78 is 0. The zero-order valence-corrected chi connectivity index (χ0v) is 9.79. The van der Waals surface area contributed by atoms with Gasteiger partial charge in [0.15, 0.2) is 5.11 Å². The molecule has 0 bridgehead atoms. The predicted molar refractivity (Wildman–Crippen MR) is 67.8 cm³/mol. The minimum absolute atomic E-state index is 0.622.